The lowest BCUT2D eigenvalue weighted by Gasteiger charge is -2.11. The molecule has 0 spiro atoms. The second kappa shape index (κ2) is 5.54. The zero-order valence-electron chi connectivity index (χ0n) is 8.99. The first kappa shape index (κ1) is 12.4. The van der Waals surface area contributed by atoms with E-state index >= 15 is 0 Å². The number of benzene rings is 2. The van der Waals surface area contributed by atoms with Gasteiger partial charge in [-0.3, -0.25) is 0 Å². The van der Waals surface area contributed by atoms with E-state index in [0.29, 0.717) is 17.3 Å². The Balaban J connectivity index is 2.29. The number of nitrogens with two attached hydrogens (primary N) is 1. The molecule has 0 aliphatic rings. The molecule has 0 bridgehead atoms. The minimum atomic E-state index is 0.353. The molecule has 0 heterocycles. The molecule has 88 valence electrons. The van der Waals surface area contributed by atoms with E-state index in [2.05, 4.69) is 15.9 Å². The summed E-state index contributed by atoms with van der Waals surface area (Å²) in [6, 6.07) is 13.1. The molecule has 2 rings (SSSR count). The quantitative estimate of drug-likeness (QED) is 0.914. The van der Waals surface area contributed by atoms with Gasteiger partial charge in [0.15, 0.2) is 0 Å². The van der Waals surface area contributed by atoms with E-state index < -0.39 is 0 Å². The van der Waals surface area contributed by atoms with Gasteiger partial charge in [-0.2, -0.15) is 0 Å². The first-order chi connectivity index (χ1) is 8.20. The highest BCUT2D eigenvalue weighted by Gasteiger charge is 2.07. The SMILES string of the molecule is NCc1c(Cl)cccc1Oc1ccc(Br)cc1. The van der Waals surface area contributed by atoms with Crippen molar-refractivity contribution in [1.29, 1.82) is 0 Å². The van der Waals surface area contributed by atoms with E-state index in [1.807, 2.05) is 36.4 Å². The van der Waals surface area contributed by atoms with E-state index in [0.717, 1.165) is 15.8 Å². The summed E-state index contributed by atoms with van der Waals surface area (Å²) in [5.74, 6) is 1.45. The minimum absolute atomic E-state index is 0.353. The fraction of sp³-hybridized carbons (Fsp3) is 0.0769. The van der Waals surface area contributed by atoms with Crippen molar-refractivity contribution in [2.75, 3.05) is 0 Å². The molecule has 0 radical (unpaired) electrons. The normalized spacial score (nSPS) is 10.3. The Morgan fingerprint density at radius 3 is 2.47 bits per heavy atom. The summed E-state index contributed by atoms with van der Waals surface area (Å²) >= 11 is 9.43. The van der Waals surface area contributed by atoms with Crippen molar-refractivity contribution >= 4 is 27.5 Å². The van der Waals surface area contributed by atoms with Crippen molar-refractivity contribution < 1.29 is 4.74 Å². The van der Waals surface area contributed by atoms with E-state index in [1.165, 1.54) is 0 Å². The maximum atomic E-state index is 6.05. The molecule has 0 aliphatic heterocycles. The first-order valence-electron chi connectivity index (χ1n) is 5.11. The molecule has 17 heavy (non-hydrogen) atoms. The third-order valence-electron chi connectivity index (χ3n) is 2.32. The number of halogens is 2. The van der Waals surface area contributed by atoms with Crippen molar-refractivity contribution in [3.05, 3.63) is 57.5 Å². The predicted octanol–water partition coefficient (Wildman–Crippen LogP) is 4.35. The number of hydrogen-bond donors (Lipinski definition) is 1. The van der Waals surface area contributed by atoms with E-state index in [4.69, 9.17) is 22.1 Å². The summed E-state index contributed by atoms with van der Waals surface area (Å²) in [6.07, 6.45) is 0. The second-order valence-electron chi connectivity index (χ2n) is 3.48. The highest BCUT2D eigenvalue weighted by atomic mass is 79.9. The van der Waals surface area contributed by atoms with Crippen LogP contribution in [0.4, 0.5) is 0 Å². The van der Waals surface area contributed by atoms with Gasteiger partial charge < -0.3 is 10.5 Å². The average Bonchev–Trinajstić information content (AvgIpc) is 2.32. The summed E-state index contributed by atoms with van der Waals surface area (Å²) < 4.78 is 6.76. The monoisotopic (exact) mass is 311 g/mol. The molecule has 0 atom stereocenters. The zero-order valence-corrected chi connectivity index (χ0v) is 11.3. The molecule has 2 aromatic rings. The van der Waals surface area contributed by atoms with Crippen molar-refractivity contribution in [3.63, 3.8) is 0 Å². The maximum absolute atomic E-state index is 6.05. The Morgan fingerprint density at radius 1 is 1.12 bits per heavy atom. The van der Waals surface area contributed by atoms with Gasteiger partial charge >= 0.3 is 0 Å². The molecule has 2 aromatic carbocycles. The molecule has 0 aromatic heterocycles. The Kier molecular flexibility index (Phi) is 4.05. The lowest BCUT2D eigenvalue weighted by molar-refractivity contribution is 0.476. The van der Waals surface area contributed by atoms with Gasteiger partial charge in [0.25, 0.3) is 0 Å². The van der Waals surface area contributed by atoms with Gasteiger partial charge in [0.05, 0.1) is 0 Å². The van der Waals surface area contributed by atoms with Crippen LogP contribution in [0.2, 0.25) is 5.02 Å². The van der Waals surface area contributed by atoms with Gasteiger partial charge in [-0.25, -0.2) is 0 Å². The molecular weight excluding hydrogens is 302 g/mol. The van der Waals surface area contributed by atoms with Crippen LogP contribution in [-0.4, -0.2) is 0 Å². The molecule has 0 unspecified atom stereocenters. The molecule has 2 N–H and O–H groups in total. The van der Waals surface area contributed by atoms with Gasteiger partial charge in [-0.1, -0.05) is 33.6 Å². The van der Waals surface area contributed by atoms with Crippen LogP contribution in [0.25, 0.3) is 0 Å². The minimum Gasteiger partial charge on any atom is -0.457 e. The average molecular weight is 313 g/mol. The molecule has 0 saturated heterocycles. The summed E-state index contributed by atoms with van der Waals surface area (Å²) in [6.45, 7) is 0.353. The maximum Gasteiger partial charge on any atom is 0.133 e. The van der Waals surface area contributed by atoms with E-state index in [-0.39, 0.29) is 0 Å². The van der Waals surface area contributed by atoms with Crippen molar-refractivity contribution in [2.24, 2.45) is 5.73 Å². The summed E-state index contributed by atoms with van der Waals surface area (Å²) in [5, 5.41) is 0.627. The van der Waals surface area contributed by atoms with Crippen molar-refractivity contribution in [1.82, 2.24) is 0 Å². The van der Waals surface area contributed by atoms with Crippen LogP contribution in [0.3, 0.4) is 0 Å². The fourth-order valence-electron chi connectivity index (χ4n) is 1.46. The highest BCUT2D eigenvalue weighted by molar-refractivity contribution is 9.10. The van der Waals surface area contributed by atoms with Crippen LogP contribution in [-0.2, 0) is 6.54 Å². The molecule has 4 heteroatoms. The summed E-state index contributed by atoms with van der Waals surface area (Å²) in [4.78, 5) is 0. The Bertz CT molecular complexity index is 513. The third-order valence-corrected chi connectivity index (χ3v) is 3.20. The van der Waals surface area contributed by atoms with Crippen LogP contribution < -0.4 is 10.5 Å². The van der Waals surface area contributed by atoms with Gasteiger partial charge in [0.2, 0.25) is 0 Å². The second-order valence-corrected chi connectivity index (χ2v) is 4.80. The summed E-state index contributed by atoms with van der Waals surface area (Å²) in [5.41, 5.74) is 6.47. The topological polar surface area (TPSA) is 35.2 Å². The molecule has 0 amide bonds. The first-order valence-corrected chi connectivity index (χ1v) is 6.28. The van der Waals surface area contributed by atoms with Gasteiger partial charge in [0.1, 0.15) is 11.5 Å². The van der Waals surface area contributed by atoms with Gasteiger partial charge in [-0.15, -0.1) is 0 Å². The Labute approximate surface area is 113 Å². The predicted molar refractivity (Wildman–Crippen MR) is 73.6 cm³/mol. The van der Waals surface area contributed by atoms with Crippen molar-refractivity contribution in [2.45, 2.75) is 6.54 Å². The van der Waals surface area contributed by atoms with Gasteiger partial charge in [0, 0.05) is 21.6 Å². The smallest absolute Gasteiger partial charge is 0.133 e. The van der Waals surface area contributed by atoms with Crippen LogP contribution in [0.5, 0.6) is 11.5 Å². The number of rotatable bonds is 3. The van der Waals surface area contributed by atoms with Crippen LogP contribution in [0, 0.1) is 0 Å². The highest BCUT2D eigenvalue weighted by Crippen LogP contribution is 2.30. The number of hydrogen-bond acceptors (Lipinski definition) is 2. The number of ether oxygens (including phenoxy) is 1. The Morgan fingerprint density at radius 2 is 1.82 bits per heavy atom. The van der Waals surface area contributed by atoms with Crippen LogP contribution in [0.15, 0.2) is 46.9 Å². The largest absolute Gasteiger partial charge is 0.457 e. The van der Waals surface area contributed by atoms with Crippen LogP contribution in [0.1, 0.15) is 5.56 Å². The zero-order chi connectivity index (χ0) is 12.3. The van der Waals surface area contributed by atoms with Gasteiger partial charge in [-0.05, 0) is 36.4 Å². The molecule has 2 nitrogen and oxygen atoms in total. The Hall–Kier alpha value is -1.03. The van der Waals surface area contributed by atoms with E-state index in [1.54, 1.807) is 6.07 Å². The fourth-order valence-corrected chi connectivity index (χ4v) is 1.97. The third kappa shape index (κ3) is 3.00. The van der Waals surface area contributed by atoms with Crippen molar-refractivity contribution in [3.8, 4) is 11.5 Å². The summed E-state index contributed by atoms with van der Waals surface area (Å²) in [7, 11) is 0. The molecular formula is C13H11BrClNO. The molecule has 0 saturated carbocycles. The molecule has 0 aliphatic carbocycles. The lowest BCUT2D eigenvalue weighted by Crippen LogP contribution is -2.00. The standard InChI is InChI=1S/C13H11BrClNO/c14-9-4-6-10(7-5-9)17-13-3-1-2-12(15)11(13)8-16/h1-7H,8,16H2. The molecule has 0 fully saturated rings. The lowest BCUT2D eigenvalue weighted by atomic mass is 10.2. The van der Waals surface area contributed by atoms with E-state index in [9.17, 15) is 0 Å². The van der Waals surface area contributed by atoms with Crippen LogP contribution >= 0.6 is 27.5 Å².